The molecule has 12 nitrogen and oxygen atoms in total. The van der Waals surface area contributed by atoms with E-state index in [9.17, 15) is 9.18 Å². The highest BCUT2D eigenvalue weighted by atomic mass is 35.5. The van der Waals surface area contributed by atoms with Crippen LogP contribution in [0.3, 0.4) is 0 Å². The number of nitrogens with two attached hydrogens (primary N) is 1. The number of halogens is 3. The number of benzene rings is 1. The summed E-state index contributed by atoms with van der Waals surface area (Å²) in [6.45, 7) is 7.22. The van der Waals surface area contributed by atoms with Crippen LogP contribution in [-0.4, -0.2) is 103 Å². The number of anilines is 2. The number of nitrogens with one attached hydrogen (secondary N) is 1. The van der Waals surface area contributed by atoms with Crippen LogP contribution in [-0.2, 0) is 9.53 Å². The molecule has 43 heavy (non-hydrogen) atoms. The zero-order valence-corrected chi connectivity index (χ0v) is 25.2. The van der Waals surface area contributed by atoms with Gasteiger partial charge in [0.1, 0.15) is 27.3 Å². The Labute approximate surface area is 257 Å². The average molecular weight is 634 g/mol. The fraction of sp³-hybridized carbons (Fsp3) is 0.393. The highest BCUT2D eigenvalue weighted by Gasteiger charge is 2.32. The first-order chi connectivity index (χ1) is 20.6. The third kappa shape index (κ3) is 6.30. The maximum absolute atomic E-state index is 14.6. The summed E-state index contributed by atoms with van der Waals surface area (Å²) in [5.41, 5.74) is 6.18. The minimum Gasteiger partial charge on any atom is -0.463 e. The molecule has 3 aromatic rings. The zero-order chi connectivity index (χ0) is 30.8. The number of aromatic nitrogens is 3. The molecule has 3 N–H and O–H groups in total. The lowest BCUT2D eigenvalue weighted by atomic mass is 10.1. The number of rotatable bonds is 9. The predicted octanol–water partition coefficient (Wildman–Crippen LogP) is 3.63. The molecule has 2 aliphatic rings. The molecular formula is C28H31Cl2FN8O4. The van der Waals surface area contributed by atoms with Crippen molar-refractivity contribution in [2.45, 2.75) is 6.10 Å². The van der Waals surface area contributed by atoms with E-state index in [-0.39, 0.29) is 69.1 Å². The molecule has 0 unspecified atom stereocenters. The number of nitrogen functional groups attached to an aromatic ring is 1. The number of hydrogen-bond donors (Lipinski definition) is 2. The van der Waals surface area contributed by atoms with Crippen molar-refractivity contribution >= 4 is 57.7 Å². The van der Waals surface area contributed by atoms with E-state index in [1.807, 2.05) is 11.9 Å². The number of piperazine rings is 1. The van der Waals surface area contributed by atoms with Crippen LogP contribution in [0.4, 0.5) is 15.9 Å². The van der Waals surface area contributed by atoms with Gasteiger partial charge < -0.3 is 40.1 Å². The van der Waals surface area contributed by atoms with Crippen LogP contribution in [0.15, 0.2) is 24.8 Å². The predicted molar refractivity (Wildman–Crippen MR) is 162 cm³/mol. The van der Waals surface area contributed by atoms with E-state index in [2.05, 4.69) is 21.4 Å². The van der Waals surface area contributed by atoms with E-state index in [0.29, 0.717) is 37.4 Å². The van der Waals surface area contributed by atoms with Gasteiger partial charge in [-0.1, -0.05) is 29.8 Å². The topological polar surface area (TPSA) is 143 Å². The molecular weight excluding hydrogens is 602 g/mol. The number of methoxy groups -OCH3 is 1. The van der Waals surface area contributed by atoms with Gasteiger partial charge in [0.05, 0.1) is 23.7 Å². The molecule has 2 aliphatic heterocycles. The largest absolute Gasteiger partial charge is 0.463 e. The fourth-order valence-electron chi connectivity index (χ4n) is 5.32. The summed E-state index contributed by atoms with van der Waals surface area (Å²) in [5, 5.41) is 7.95. The number of hydrogen-bond acceptors (Lipinski definition) is 11. The van der Waals surface area contributed by atoms with Crippen LogP contribution in [0.2, 0.25) is 10.2 Å². The molecule has 0 spiro atoms. The maximum atomic E-state index is 14.6. The second-order valence-corrected chi connectivity index (χ2v) is 11.1. The Morgan fingerprint density at radius 3 is 2.63 bits per heavy atom. The summed E-state index contributed by atoms with van der Waals surface area (Å²) < 4.78 is 32.4. The van der Waals surface area contributed by atoms with Crippen LogP contribution < -0.4 is 20.1 Å². The summed E-state index contributed by atoms with van der Waals surface area (Å²) in [4.78, 5) is 31.7. The molecule has 2 saturated heterocycles. The smallest absolute Gasteiger partial charge is 0.319 e. The second-order valence-electron chi connectivity index (χ2n) is 10.3. The SMILES string of the molecule is C=CC(=O)N1CCN(c2nc(OC[C@H]3CN(C)C[C@@H]3OC)nc3c(Oc4c(Cl)c(F)cc(N)c4C=N)nc(Cl)cc23)CC1. The lowest BCUT2D eigenvalue weighted by Crippen LogP contribution is -2.48. The van der Waals surface area contributed by atoms with E-state index in [0.717, 1.165) is 25.4 Å². The zero-order valence-electron chi connectivity index (χ0n) is 23.6. The minimum atomic E-state index is -0.827. The van der Waals surface area contributed by atoms with Crippen molar-refractivity contribution in [1.29, 1.82) is 5.41 Å². The summed E-state index contributed by atoms with van der Waals surface area (Å²) in [5.74, 6) is -0.727. The molecule has 5 rings (SSSR count). The number of nitrogens with zero attached hydrogens (tertiary/aromatic N) is 6. The first-order valence-electron chi connectivity index (χ1n) is 13.5. The number of likely N-dealkylation sites (tertiary alicyclic amines) is 1. The molecule has 1 amide bonds. The van der Waals surface area contributed by atoms with Gasteiger partial charge in [0.2, 0.25) is 11.8 Å². The highest BCUT2D eigenvalue weighted by molar-refractivity contribution is 6.33. The van der Waals surface area contributed by atoms with E-state index >= 15 is 0 Å². The van der Waals surface area contributed by atoms with Crippen molar-refractivity contribution in [2.75, 3.05) is 70.7 Å². The summed E-state index contributed by atoms with van der Waals surface area (Å²) in [6.07, 6.45) is 2.18. The third-order valence-corrected chi connectivity index (χ3v) is 8.07. The average Bonchev–Trinajstić information content (AvgIpc) is 3.37. The van der Waals surface area contributed by atoms with E-state index in [1.165, 1.54) is 6.08 Å². The normalized spacial score (nSPS) is 19.1. The Balaban J connectivity index is 1.58. The number of amides is 1. The van der Waals surface area contributed by atoms with Gasteiger partial charge in [-0.25, -0.2) is 4.39 Å². The number of pyridine rings is 1. The standard InChI is InChI=1S/C28H31Cl2FN8O4/c1-4-22(40)38-5-7-39(8-6-38)26-16-9-21(29)34-27(43-25-17(11-32)19(33)10-18(31)23(25)30)24(16)35-28(36-26)42-14-15-12-37(2)13-20(15)41-3/h4,9-11,15,20,32H,1,5-8,12-14,33H2,2-3H3/t15-,20+/m1/s1. The lowest BCUT2D eigenvalue weighted by molar-refractivity contribution is -0.126. The molecule has 2 aromatic heterocycles. The minimum absolute atomic E-state index is 0.0140. The molecule has 228 valence electrons. The van der Waals surface area contributed by atoms with Crippen LogP contribution in [0.5, 0.6) is 17.6 Å². The van der Waals surface area contributed by atoms with E-state index < -0.39 is 5.82 Å². The lowest BCUT2D eigenvalue weighted by Gasteiger charge is -2.35. The van der Waals surface area contributed by atoms with Gasteiger partial charge in [-0.2, -0.15) is 15.0 Å². The van der Waals surface area contributed by atoms with Gasteiger partial charge in [0.15, 0.2) is 5.75 Å². The van der Waals surface area contributed by atoms with Gasteiger partial charge in [0.25, 0.3) is 0 Å². The van der Waals surface area contributed by atoms with Crippen LogP contribution >= 0.6 is 23.2 Å². The second kappa shape index (κ2) is 12.8. The van der Waals surface area contributed by atoms with Crippen LogP contribution in [0, 0.1) is 17.1 Å². The highest BCUT2D eigenvalue weighted by Crippen LogP contribution is 2.41. The molecule has 4 heterocycles. The quantitative estimate of drug-likeness (QED) is 0.155. The molecule has 0 aliphatic carbocycles. The maximum Gasteiger partial charge on any atom is 0.319 e. The van der Waals surface area contributed by atoms with Crippen molar-refractivity contribution in [3.63, 3.8) is 0 Å². The number of likely N-dealkylation sites (N-methyl/N-ethyl adjacent to an activating group) is 1. The number of carbonyl (C=O) groups excluding carboxylic acids is 1. The van der Waals surface area contributed by atoms with Crippen molar-refractivity contribution in [2.24, 2.45) is 5.92 Å². The number of carbonyl (C=O) groups is 1. The Bertz CT molecular complexity index is 1570. The van der Waals surface area contributed by atoms with E-state index in [4.69, 9.17) is 53.5 Å². The Kier molecular flexibility index (Phi) is 9.16. The van der Waals surface area contributed by atoms with Gasteiger partial charge in [0, 0.05) is 64.2 Å². The van der Waals surface area contributed by atoms with Gasteiger partial charge in [-0.15, -0.1) is 0 Å². The molecule has 0 saturated carbocycles. The Hall–Kier alpha value is -3.78. The van der Waals surface area contributed by atoms with Crippen molar-refractivity contribution in [3.05, 3.63) is 46.3 Å². The number of fused-ring (bicyclic) bond motifs is 1. The van der Waals surface area contributed by atoms with Gasteiger partial charge in [-0.3, -0.25) is 4.79 Å². The first-order valence-corrected chi connectivity index (χ1v) is 14.2. The first kappa shape index (κ1) is 30.7. The monoisotopic (exact) mass is 632 g/mol. The van der Waals surface area contributed by atoms with Gasteiger partial charge in [-0.05, 0) is 25.3 Å². The van der Waals surface area contributed by atoms with Crippen LogP contribution in [0.1, 0.15) is 5.56 Å². The molecule has 2 fully saturated rings. The van der Waals surface area contributed by atoms with Crippen molar-refractivity contribution in [3.8, 4) is 17.6 Å². The number of ether oxygens (including phenoxy) is 3. The Morgan fingerprint density at radius 1 is 1.21 bits per heavy atom. The Morgan fingerprint density at radius 2 is 1.95 bits per heavy atom. The summed E-state index contributed by atoms with van der Waals surface area (Å²) >= 11 is 12.7. The van der Waals surface area contributed by atoms with Crippen molar-refractivity contribution < 1.29 is 23.4 Å². The van der Waals surface area contributed by atoms with Gasteiger partial charge >= 0.3 is 6.01 Å². The van der Waals surface area contributed by atoms with Crippen LogP contribution in [0.25, 0.3) is 10.9 Å². The fourth-order valence-corrected chi connectivity index (χ4v) is 5.70. The molecule has 2 atom stereocenters. The third-order valence-electron chi connectivity index (χ3n) is 7.53. The van der Waals surface area contributed by atoms with E-state index in [1.54, 1.807) is 18.1 Å². The molecule has 1 aromatic carbocycles. The summed E-state index contributed by atoms with van der Waals surface area (Å²) in [7, 11) is 3.68. The van der Waals surface area contributed by atoms with Crippen molar-refractivity contribution in [1.82, 2.24) is 24.8 Å². The molecule has 0 radical (unpaired) electrons. The molecule has 0 bridgehead atoms. The summed E-state index contributed by atoms with van der Waals surface area (Å²) in [6, 6.07) is 2.66. The molecule has 15 heteroatoms.